The molecule has 4 heteroatoms. The smallest absolute Gasteiger partial charge is 0.238 e. The summed E-state index contributed by atoms with van der Waals surface area (Å²) in [6.07, 6.45) is 0. The lowest BCUT2D eigenvalue weighted by Crippen LogP contribution is -2.29. The number of amides is 1. The summed E-state index contributed by atoms with van der Waals surface area (Å²) in [6.45, 7) is 7.66. The van der Waals surface area contributed by atoms with Crippen LogP contribution in [0.5, 0.6) is 0 Å². The van der Waals surface area contributed by atoms with E-state index in [2.05, 4.69) is 50.4 Å². The van der Waals surface area contributed by atoms with Crippen LogP contribution in [0.3, 0.4) is 0 Å². The molecule has 0 atom stereocenters. The molecule has 128 valence electrons. The van der Waals surface area contributed by atoms with Crippen molar-refractivity contribution in [1.82, 2.24) is 4.90 Å². The Morgan fingerprint density at radius 2 is 1.79 bits per heavy atom. The SMILES string of the molecule is CN(CC(=O)Nc1cccc(Cl)c1)Cc1ccc(C(C)(C)C)cc1. The fraction of sp³-hybridized carbons (Fsp3) is 0.350. The quantitative estimate of drug-likeness (QED) is 0.852. The van der Waals surface area contributed by atoms with Crippen molar-refractivity contribution in [3.05, 3.63) is 64.7 Å². The third kappa shape index (κ3) is 5.66. The van der Waals surface area contributed by atoms with Gasteiger partial charge in [0.05, 0.1) is 6.54 Å². The second-order valence-corrected chi connectivity index (χ2v) is 7.61. The van der Waals surface area contributed by atoms with Crippen LogP contribution in [0, 0.1) is 0 Å². The van der Waals surface area contributed by atoms with Crippen molar-refractivity contribution in [2.45, 2.75) is 32.7 Å². The van der Waals surface area contributed by atoms with E-state index >= 15 is 0 Å². The third-order valence-electron chi connectivity index (χ3n) is 3.79. The zero-order valence-electron chi connectivity index (χ0n) is 14.8. The highest BCUT2D eigenvalue weighted by Crippen LogP contribution is 2.22. The van der Waals surface area contributed by atoms with Gasteiger partial charge in [-0.1, -0.05) is 62.7 Å². The third-order valence-corrected chi connectivity index (χ3v) is 4.03. The van der Waals surface area contributed by atoms with Gasteiger partial charge in [-0.2, -0.15) is 0 Å². The van der Waals surface area contributed by atoms with Gasteiger partial charge in [-0.3, -0.25) is 9.69 Å². The molecule has 0 fully saturated rings. The summed E-state index contributed by atoms with van der Waals surface area (Å²) >= 11 is 5.92. The van der Waals surface area contributed by atoms with Crippen LogP contribution < -0.4 is 5.32 Å². The van der Waals surface area contributed by atoms with Crippen LogP contribution in [0.15, 0.2) is 48.5 Å². The van der Waals surface area contributed by atoms with Crippen LogP contribution in [0.1, 0.15) is 31.9 Å². The average Bonchev–Trinajstić information content (AvgIpc) is 2.46. The molecular weight excluding hydrogens is 320 g/mol. The normalized spacial score (nSPS) is 11.6. The summed E-state index contributed by atoms with van der Waals surface area (Å²) in [5.74, 6) is -0.0499. The molecule has 1 N–H and O–H groups in total. The summed E-state index contributed by atoms with van der Waals surface area (Å²) in [5, 5.41) is 3.47. The van der Waals surface area contributed by atoms with Gasteiger partial charge in [0.15, 0.2) is 0 Å². The van der Waals surface area contributed by atoms with Gasteiger partial charge in [-0.25, -0.2) is 0 Å². The summed E-state index contributed by atoms with van der Waals surface area (Å²) in [4.78, 5) is 14.1. The van der Waals surface area contributed by atoms with Crippen molar-refractivity contribution in [2.75, 3.05) is 18.9 Å². The Hall–Kier alpha value is -1.84. The van der Waals surface area contributed by atoms with Crippen LogP contribution in [-0.4, -0.2) is 24.4 Å². The van der Waals surface area contributed by atoms with E-state index in [0.29, 0.717) is 11.6 Å². The summed E-state index contributed by atoms with van der Waals surface area (Å²) in [5.41, 5.74) is 3.38. The molecule has 0 unspecified atom stereocenters. The van der Waals surface area contributed by atoms with Crippen LogP contribution in [-0.2, 0) is 16.8 Å². The van der Waals surface area contributed by atoms with Crippen molar-refractivity contribution in [2.24, 2.45) is 0 Å². The van der Waals surface area contributed by atoms with Crippen LogP contribution in [0.2, 0.25) is 5.02 Å². The second-order valence-electron chi connectivity index (χ2n) is 7.18. The molecule has 24 heavy (non-hydrogen) atoms. The number of nitrogens with zero attached hydrogens (tertiary/aromatic N) is 1. The van der Waals surface area contributed by atoms with E-state index < -0.39 is 0 Å². The molecule has 2 aromatic carbocycles. The fourth-order valence-electron chi connectivity index (χ4n) is 2.49. The van der Waals surface area contributed by atoms with Gasteiger partial charge in [0, 0.05) is 17.3 Å². The first-order chi connectivity index (χ1) is 11.2. The minimum Gasteiger partial charge on any atom is -0.325 e. The van der Waals surface area contributed by atoms with E-state index in [1.807, 2.05) is 24.1 Å². The van der Waals surface area contributed by atoms with Crippen LogP contribution >= 0.6 is 11.6 Å². The average molecular weight is 345 g/mol. The lowest BCUT2D eigenvalue weighted by Gasteiger charge is -2.20. The number of carbonyl (C=O) groups excluding carboxylic acids is 1. The maximum absolute atomic E-state index is 12.1. The molecule has 2 aromatic rings. The molecule has 0 radical (unpaired) electrons. The highest BCUT2D eigenvalue weighted by molar-refractivity contribution is 6.30. The molecule has 1 amide bonds. The highest BCUT2D eigenvalue weighted by atomic mass is 35.5. The highest BCUT2D eigenvalue weighted by Gasteiger charge is 2.13. The first kappa shape index (κ1) is 18.5. The van der Waals surface area contributed by atoms with E-state index in [0.717, 1.165) is 12.2 Å². The Bertz CT molecular complexity index is 690. The number of hydrogen-bond donors (Lipinski definition) is 1. The van der Waals surface area contributed by atoms with Crippen molar-refractivity contribution >= 4 is 23.2 Å². The van der Waals surface area contributed by atoms with E-state index in [-0.39, 0.29) is 11.3 Å². The van der Waals surface area contributed by atoms with Gasteiger partial charge >= 0.3 is 0 Å². The van der Waals surface area contributed by atoms with Gasteiger partial charge in [0.2, 0.25) is 5.91 Å². The van der Waals surface area contributed by atoms with E-state index in [1.165, 1.54) is 11.1 Å². The zero-order chi connectivity index (χ0) is 17.7. The Labute approximate surface area is 149 Å². The van der Waals surface area contributed by atoms with Crippen molar-refractivity contribution in [1.29, 1.82) is 0 Å². The van der Waals surface area contributed by atoms with E-state index in [4.69, 9.17) is 11.6 Å². The number of nitrogens with one attached hydrogen (secondary N) is 1. The minimum absolute atomic E-state index is 0.0499. The van der Waals surface area contributed by atoms with Crippen LogP contribution in [0.25, 0.3) is 0 Å². The zero-order valence-corrected chi connectivity index (χ0v) is 15.5. The lowest BCUT2D eigenvalue weighted by atomic mass is 9.87. The number of likely N-dealkylation sites (N-methyl/N-ethyl adjacent to an activating group) is 1. The predicted octanol–water partition coefficient (Wildman–Crippen LogP) is 4.71. The molecule has 2 rings (SSSR count). The Kier molecular flexibility index (Phi) is 6.03. The Morgan fingerprint density at radius 3 is 2.38 bits per heavy atom. The predicted molar refractivity (Wildman–Crippen MR) is 102 cm³/mol. The Morgan fingerprint density at radius 1 is 1.12 bits per heavy atom. The van der Waals surface area contributed by atoms with Crippen molar-refractivity contribution in [3.8, 4) is 0 Å². The van der Waals surface area contributed by atoms with E-state index in [1.54, 1.807) is 12.1 Å². The number of hydrogen-bond acceptors (Lipinski definition) is 2. The maximum Gasteiger partial charge on any atom is 0.238 e. The van der Waals surface area contributed by atoms with Gasteiger partial charge in [-0.15, -0.1) is 0 Å². The number of anilines is 1. The van der Waals surface area contributed by atoms with Gasteiger partial charge in [0.1, 0.15) is 0 Å². The fourth-order valence-corrected chi connectivity index (χ4v) is 2.68. The first-order valence-corrected chi connectivity index (χ1v) is 8.45. The molecule has 0 bridgehead atoms. The lowest BCUT2D eigenvalue weighted by molar-refractivity contribution is -0.117. The van der Waals surface area contributed by atoms with E-state index in [9.17, 15) is 4.79 Å². The standard InChI is InChI=1S/C20H25ClN2O/c1-20(2,3)16-10-8-15(9-11-16)13-23(4)14-19(24)22-18-7-5-6-17(21)12-18/h5-12H,13-14H2,1-4H3,(H,22,24). The molecule has 0 aliphatic carbocycles. The number of rotatable bonds is 5. The second kappa shape index (κ2) is 7.82. The summed E-state index contributed by atoms with van der Waals surface area (Å²) < 4.78 is 0. The molecular formula is C20H25ClN2O. The van der Waals surface area contributed by atoms with Gasteiger partial charge in [0.25, 0.3) is 0 Å². The van der Waals surface area contributed by atoms with Crippen molar-refractivity contribution < 1.29 is 4.79 Å². The molecule has 0 heterocycles. The number of carbonyl (C=O) groups is 1. The number of halogens is 1. The molecule has 0 aromatic heterocycles. The largest absolute Gasteiger partial charge is 0.325 e. The molecule has 0 spiro atoms. The van der Waals surface area contributed by atoms with Gasteiger partial charge in [-0.05, 0) is 41.8 Å². The molecule has 0 saturated carbocycles. The first-order valence-electron chi connectivity index (χ1n) is 8.07. The Balaban J connectivity index is 1.88. The molecule has 0 aliphatic heterocycles. The monoisotopic (exact) mass is 344 g/mol. The molecule has 3 nitrogen and oxygen atoms in total. The number of benzene rings is 2. The molecule has 0 saturated heterocycles. The summed E-state index contributed by atoms with van der Waals surface area (Å²) in [7, 11) is 1.94. The topological polar surface area (TPSA) is 32.3 Å². The summed E-state index contributed by atoms with van der Waals surface area (Å²) in [6, 6.07) is 15.8. The van der Waals surface area contributed by atoms with Crippen LogP contribution in [0.4, 0.5) is 5.69 Å². The molecule has 0 aliphatic rings. The minimum atomic E-state index is -0.0499. The van der Waals surface area contributed by atoms with Crippen molar-refractivity contribution in [3.63, 3.8) is 0 Å². The van der Waals surface area contributed by atoms with Gasteiger partial charge < -0.3 is 5.32 Å². The maximum atomic E-state index is 12.1.